The van der Waals surface area contributed by atoms with E-state index in [2.05, 4.69) is 17.2 Å². The van der Waals surface area contributed by atoms with E-state index in [1.165, 1.54) is 32.1 Å². The lowest BCUT2D eigenvalue weighted by Gasteiger charge is -2.21. The fourth-order valence-electron chi connectivity index (χ4n) is 3.10. The maximum absolute atomic E-state index is 12.2. The fourth-order valence-corrected chi connectivity index (χ4v) is 3.10. The molecule has 0 aliphatic heterocycles. The van der Waals surface area contributed by atoms with Gasteiger partial charge >= 0.3 is 0 Å². The van der Waals surface area contributed by atoms with E-state index in [4.69, 9.17) is 0 Å². The van der Waals surface area contributed by atoms with Gasteiger partial charge in [0.15, 0.2) is 0 Å². The van der Waals surface area contributed by atoms with Crippen molar-refractivity contribution in [3.63, 3.8) is 0 Å². The van der Waals surface area contributed by atoms with Crippen molar-refractivity contribution in [2.45, 2.75) is 46.0 Å². The van der Waals surface area contributed by atoms with Gasteiger partial charge in [-0.25, -0.2) is 0 Å². The number of benzene rings is 2. The first-order chi connectivity index (χ1) is 12.8. The first-order valence-corrected chi connectivity index (χ1v) is 9.76. The summed E-state index contributed by atoms with van der Waals surface area (Å²) in [4.78, 5) is 12.2. The quantitative estimate of drug-likeness (QED) is 0.738. The van der Waals surface area contributed by atoms with E-state index in [-0.39, 0.29) is 5.91 Å². The van der Waals surface area contributed by atoms with Gasteiger partial charge in [-0.05, 0) is 55.2 Å². The second kappa shape index (κ2) is 11.2. The smallest absolute Gasteiger partial charge is 0.251 e. The molecule has 0 radical (unpaired) electrons. The number of amides is 1. The van der Waals surface area contributed by atoms with Crippen LogP contribution in [0.2, 0.25) is 0 Å². The third-order valence-electron chi connectivity index (χ3n) is 4.55. The van der Waals surface area contributed by atoms with Crippen LogP contribution in [0.15, 0.2) is 54.6 Å². The number of nitrogens with one attached hydrogen (secondary N) is 1. The Kier molecular flexibility index (Phi) is 8.49. The van der Waals surface area contributed by atoms with Crippen LogP contribution in [0, 0.1) is 17.8 Å². The Morgan fingerprint density at radius 2 is 1.46 bits per heavy atom. The monoisotopic (exact) mass is 347 g/mol. The summed E-state index contributed by atoms with van der Waals surface area (Å²) in [5.74, 6) is 6.92. The Labute approximate surface area is 158 Å². The third kappa shape index (κ3) is 6.41. The van der Waals surface area contributed by atoms with Crippen molar-refractivity contribution < 1.29 is 4.79 Å². The Morgan fingerprint density at radius 3 is 2.08 bits per heavy atom. The standard InChI is InChI=1S/C22H23NO.C2H6/c24-22(23-17-20-9-5-2-6-10-20)21-15-13-19(14-16-21)12-11-18-7-3-1-4-8-18;1-2/h1,3-4,7-8,13-16,20H,2,5-6,9-10,17H2,(H,23,24);1-2H3. The van der Waals surface area contributed by atoms with Crippen LogP contribution in [-0.4, -0.2) is 12.5 Å². The molecule has 0 bridgehead atoms. The maximum atomic E-state index is 12.2. The van der Waals surface area contributed by atoms with E-state index in [1.807, 2.05) is 68.4 Å². The topological polar surface area (TPSA) is 29.1 Å². The van der Waals surface area contributed by atoms with Gasteiger partial charge in [-0.3, -0.25) is 4.79 Å². The number of hydrogen-bond acceptors (Lipinski definition) is 1. The predicted molar refractivity (Wildman–Crippen MR) is 109 cm³/mol. The summed E-state index contributed by atoms with van der Waals surface area (Å²) in [6.07, 6.45) is 6.43. The van der Waals surface area contributed by atoms with Gasteiger partial charge in [-0.2, -0.15) is 0 Å². The zero-order valence-corrected chi connectivity index (χ0v) is 15.9. The summed E-state index contributed by atoms with van der Waals surface area (Å²) >= 11 is 0. The van der Waals surface area contributed by atoms with Crippen LogP contribution in [0.1, 0.15) is 67.4 Å². The molecule has 1 N–H and O–H groups in total. The van der Waals surface area contributed by atoms with Gasteiger partial charge in [-0.1, -0.05) is 63.1 Å². The minimum atomic E-state index is 0.0168. The van der Waals surface area contributed by atoms with Crippen LogP contribution in [0.25, 0.3) is 0 Å². The van der Waals surface area contributed by atoms with Crippen LogP contribution in [0.5, 0.6) is 0 Å². The second-order valence-electron chi connectivity index (χ2n) is 6.41. The van der Waals surface area contributed by atoms with Crippen molar-refractivity contribution in [3.8, 4) is 11.8 Å². The van der Waals surface area contributed by atoms with Gasteiger partial charge in [0, 0.05) is 23.2 Å². The van der Waals surface area contributed by atoms with Gasteiger partial charge in [0.1, 0.15) is 0 Å². The van der Waals surface area contributed by atoms with Crippen molar-refractivity contribution in [2.75, 3.05) is 6.54 Å². The summed E-state index contributed by atoms with van der Waals surface area (Å²) in [5.41, 5.74) is 2.62. The molecule has 2 aromatic rings. The van der Waals surface area contributed by atoms with E-state index in [1.54, 1.807) is 0 Å². The maximum Gasteiger partial charge on any atom is 0.251 e. The molecular formula is C24H29NO. The molecule has 0 unspecified atom stereocenters. The van der Waals surface area contributed by atoms with Crippen molar-refractivity contribution in [1.29, 1.82) is 0 Å². The Balaban J connectivity index is 0.00000117. The molecule has 136 valence electrons. The van der Waals surface area contributed by atoms with E-state index >= 15 is 0 Å². The molecule has 0 heterocycles. The lowest BCUT2D eigenvalue weighted by atomic mass is 9.89. The molecule has 2 nitrogen and oxygen atoms in total. The molecule has 3 rings (SSSR count). The Hall–Kier alpha value is -2.53. The minimum Gasteiger partial charge on any atom is -0.352 e. The van der Waals surface area contributed by atoms with E-state index in [0.717, 1.165) is 17.7 Å². The van der Waals surface area contributed by atoms with Crippen molar-refractivity contribution in [2.24, 2.45) is 5.92 Å². The van der Waals surface area contributed by atoms with Crippen molar-refractivity contribution in [3.05, 3.63) is 71.3 Å². The van der Waals surface area contributed by atoms with E-state index < -0.39 is 0 Å². The van der Waals surface area contributed by atoms with Crippen LogP contribution in [0.3, 0.4) is 0 Å². The summed E-state index contributed by atoms with van der Waals surface area (Å²) in [6, 6.07) is 17.4. The number of hydrogen-bond donors (Lipinski definition) is 1. The molecule has 1 aliphatic carbocycles. The predicted octanol–water partition coefficient (Wildman–Crippen LogP) is 5.42. The third-order valence-corrected chi connectivity index (χ3v) is 4.55. The summed E-state index contributed by atoms with van der Waals surface area (Å²) in [5, 5.41) is 3.07. The fraction of sp³-hybridized carbons (Fsp3) is 0.375. The van der Waals surface area contributed by atoms with Gasteiger partial charge < -0.3 is 5.32 Å². The summed E-state index contributed by atoms with van der Waals surface area (Å²) in [6.45, 7) is 4.80. The van der Waals surface area contributed by atoms with Gasteiger partial charge in [0.2, 0.25) is 0 Å². The van der Waals surface area contributed by atoms with Crippen LogP contribution < -0.4 is 5.32 Å². The van der Waals surface area contributed by atoms with Crippen molar-refractivity contribution >= 4 is 5.91 Å². The molecule has 2 aromatic carbocycles. The summed E-state index contributed by atoms with van der Waals surface area (Å²) < 4.78 is 0. The SMILES string of the molecule is CC.O=C(NCC1CCCCC1)c1ccc(C#Cc2ccccc2)cc1. The van der Waals surface area contributed by atoms with E-state index in [0.29, 0.717) is 11.5 Å². The molecular weight excluding hydrogens is 318 g/mol. The lowest BCUT2D eigenvalue weighted by Crippen LogP contribution is -2.30. The molecule has 1 amide bonds. The molecule has 0 atom stereocenters. The van der Waals surface area contributed by atoms with Gasteiger partial charge in [-0.15, -0.1) is 0 Å². The highest BCUT2D eigenvalue weighted by Crippen LogP contribution is 2.22. The van der Waals surface area contributed by atoms with Crippen LogP contribution >= 0.6 is 0 Å². The van der Waals surface area contributed by atoms with Crippen molar-refractivity contribution in [1.82, 2.24) is 5.32 Å². The molecule has 0 spiro atoms. The number of carbonyl (C=O) groups excluding carboxylic acids is 1. The number of rotatable bonds is 3. The highest BCUT2D eigenvalue weighted by atomic mass is 16.1. The molecule has 26 heavy (non-hydrogen) atoms. The molecule has 1 fully saturated rings. The zero-order chi connectivity index (χ0) is 18.6. The minimum absolute atomic E-state index is 0.0168. The van der Waals surface area contributed by atoms with E-state index in [9.17, 15) is 4.79 Å². The largest absolute Gasteiger partial charge is 0.352 e. The van der Waals surface area contributed by atoms with Gasteiger partial charge in [0.25, 0.3) is 5.91 Å². The van der Waals surface area contributed by atoms with Gasteiger partial charge in [0.05, 0.1) is 0 Å². The van der Waals surface area contributed by atoms with Crippen LogP contribution in [-0.2, 0) is 0 Å². The average molecular weight is 348 g/mol. The Bertz CT molecular complexity index is 716. The Morgan fingerprint density at radius 1 is 0.885 bits per heavy atom. The molecule has 0 aromatic heterocycles. The molecule has 2 heteroatoms. The molecule has 1 aliphatic rings. The summed E-state index contributed by atoms with van der Waals surface area (Å²) in [7, 11) is 0. The first-order valence-electron chi connectivity index (χ1n) is 9.76. The zero-order valence-electron chi connectivity index (χ0n) is 15.9. The molecule has 1 saturated carbocycles. The normalized spacial score (nSPS) is 13.6. The second-order valence-corrected chi connectivity index (χ2v) is 6.41. The number of carbonyl (C=O) groups is 1. The first kappa shape index (κ1) is 19.8. The van der Waals surface area contributed by atoms with Crippen LogP contribution in [0.4, 0.5) is 0 Å². The average Bonchev–Trinajstić information content (AvgIpc) is 2.74. The highest BCUT2D eigenvalue weighted by molar-refractivity contribution is 5.94. The molecule has 0 saturated heterocycles. The highest BCUT2D eigenvalue weighted by Gasteiger charge is 2.14. The lowest BCUT2D eigenvalue weighted by molar-refractivity contribution is 0.0943.